The molecule has 2 saturated heterocycles. The van der Waals surface area contributed by atoms with Crippen molar-refractivity contribution in [1.82, 2.24) is 40.2 Å². The Balaban J connectivity index is 0.691. The van der Waals surface area contributed by atoms with Gasteiger partial charge >= 0.3 is 18.0 Å². The lowest BCUT2D eigenvalue weighted by atomic mass is 9.48. The zero-order valence-corrected chi connectivity index (χ0v) is 68.0. The number of ether oxygens (including phenoxy) is 4. The first-order chi connectivity index (χ1) is 55.4. The second-order valence-electron chi connectivity index (χ2n) is 32.3. The Kier molecular flexibility index (Phi) is 27.2. The first kappa shape index (κ1) is 87.0. The number of carbonyl (C=O) groups is 9. The number of para-hydroxylation sites is 1. The van der Waals surface area contributed by atoms with Crippen LogP contribution in [0.4, 0.5) is 15.7 Å². The number of fused-ring (bicyclic) bond motifs is 2. The van der Waals surface area contributed by atoms with Crippen molar-refractivity contribution in [2.75, 3.05) is 67.7 Å². The predicted octanol–water partition coefficient (Wildman–Crippen LogP) is 5.37. The maximum Gasteiger partial charge on any atom is 0.410 e. The number of benzene rings is 3. The van der Waals surface area contributed by atoms with Crippen LogP contribution in [0.3, 0.4) is 0 Å². The number of amides is 5. The van der Waals surface area contributed by atoms with Crippen molar-refractivity contribution in [2.45, 2.75) is 192 Å². The number of aromatic carboxylic acids is 1. The Bertz CT molecular complexity index is 4950. The molecule has 6 aromatic rings. The van der Waals surface area contributed by atoms with E-state index >= 15 is 0 Å². The Morgan fingerprint density at radius 2 is 1.57 bits per heavy atom. The van der Waals surface area contributed by atoms with Gasteiger partial charge in [0.25, 0.3) is 26.1 Å². The standard InChI is InChI=1S/C80H100N10O24S3/c1-6-66(93)83-61-31-53(41-111-25-27-117(108,109)110)89(74(61)99)38-54(91)32-57(44(2)3)73(98)82-45(4)62(92)30-47-14-15-52(51(29-47)16-18-63-68(94)69(95)70(96)71(114-63)76(102)103)40-112-78(104)87(23-26-116(105,106)107)22-24-113-80-35-48-28-49(36-80)34-79(33-48,42-80)43-90-46(5)58(37-81-90)55-17-19-65(85-67(55)75(100)101)88-21-20-50-10-9-11-56(59(50)39-88)72(97)86-77-84-60-12-7-8-13-64(60)115-77/h7-15,17,19,29,37,44-45,48-49,53,57,61,63,68-71,94-96H,6,16,18,20-28,30-36,38-43H2,1-5H3,(H,82,98)(H,83,93)(H,100,101)(H,102,103)(H,84,86,97)(H,105,106,107)(H,108,109,110)/t45-,48?,49?,53-,57-,61-,63-,68-,69+,70-,71-,79?,80?/m0/s1. The molecule has 13 rings (SSSR count). The highest BCUT2D eigenvalue weighted by molar-refractivity contribution is 7.86. The lowest BCUT2D eigenvalue weighted by Gasteiger charge is -2.61. The lowest BCUT2D eigenvalue weighted by molar-refractivity contribution is -0.228. The van der Waals surface area contributed by atoms with Gasteiger partial charge in [0.1, 0.15) is 36.8 Å². The number of aliphatic carboxylic acids is 1. The highest BCUT2D eigenvalue weighted by atomic mass is 32.2. The first-order valence-electron chi connectivity index (χ1n) is 39.3. The number of thiazole rings is 1. The number of aliphatic hydroxyl groups excluding tert-OH is 3. The van der Waals surface area contributed by atoms with E-state index in [-0.39, 0.29) is 87.1 Å². The van der Waals surface area contributed by atoms with Gasteiger partial charge in [-0.1, -0.05) is 74.6 Å². The average Bonchev–Trinajstić information content (AvgIpc) is 1.01. The molecule has 3 aromatic heterocycles. The monoisotopic (exact) mass is 1680 g/mol. The number of hydrogen-bond donors (Lipinski definition) is 10. The summed E-state index contributed by atoms with van der Waals surface area (Å²) in [5.41, 5.74) is 4.76. The minimum Gasteiger partial charge on any atom is -0.479 e. The molecule has 2 unspecified atom stereocenters. The van der Waals surface area contributed by atoms with E-state index in [2.05, 4.69) is 20.9 Å². The smallest absolute Gasteiger partial charge is 0.410 e. The number of aromatic nitrogens is 4. The molecule has 4 saturated carbocycles. The van der Waals surface area contributed by atoms with Gasteiger partial charge in [0.2, 0.25) is 17.7 Å². The van der Waals surface area contributed by atoms with Crippen LogP contribution in [0.1, 0.15) is 146 Å². The van der Waals surface area contributed by atoms with Gasteiger partial charge in [0.05, 0.1) is 78.1 Å². The Labute approximate surface area is 679 Å². The molecule has 632 valence electrons. The lowest BCUT2D eigenvalue weighted by Crippen LogP contribution is -2.59. The van der Waals surface area contributed by atoms with Crippen molar-refractivity contribution in [3.05, 3.63) is 124 Å². The van der Waals surface area contributed by atoms with Crippen LogP contribution in [-0.2, 0) is 107 Å². The average molecular weight is 1680 g/mol. The molecule has 11 atom stereocenters. The summed E-state index contributed by atoms with van der Waals surface area (Å²) < 4.78 is 93.0. The molecule has 10 N–H and O–H groups in total. The highest BCUT2D eigenvalue weighted by Crippen LogP contribution is 2.63. The number of carboxylic acid groups (broad SMARTS) is 2. The minimum atomic E-state index is -4.64. The fourth-order valence-corrected chi connectivity index (χ4v) is 19.5. The van der Waals surface area contributed by atoms with Gasteiger partial charge in [-0.2, -0.15) is 21.9 Å². The number of rotatable bonds is 37. The number of nitrogens with one attached hydrogen (secondary N) is 3. The fourth-order valence-electron chi connectivity index (χ4n) is 17.9. The molecule has 4 aliphatic carbocycles. The van der Waals surface area contributed by atoms with Crippen LogP contribution < -0.4 is 20.9 Å². The molecule has 6 fully saturated rings. The van der Waals surface area contributed by atoms with E-state index in [1.165, 1.54) is 29.2 Å². The highest BCUT2D eigenvalue weighted by Gasteiger charge is 2.59. The third kappa shape index (κ3) is 21.1. The van der Waals surface area contributed by atoms with Gasteiger partial charge in [-0.15, -0.1) is 0 Å². The summed E-state index contributed by atoms with van der Waals surface area (Å²) >= 11 is 1.38. The molecule has 4 bridgehead atoms. The van der Waals surface area contributed by atoms with E-state index in [1.54, 1.807) is 57.3 Å². The Morgan fingerprint density at radius 1 is 0.829 bits per heavy atom. The van der Waals surface area contributed by atoms with Crippen molar-refractivity contribution in [3.63, 3.8) is 0 Å². The summed E-state index contributed by atoms with van der Waals surface area (Å²) in [5.74, 6) is -7.94. The van der Waals surface area contributed by atoms with E-state index in [0.717, 1.165) is 64.0 Å². The molecule has 7 aliphatic rings. The second-order valence-corrected chi connectivity index (χ2v) is 36.4. The first-order valence-corrected chi connectivity index (χ1v) is 43.3. The summed E-state index contributed by atoms with van der Waals surface area (Å²) in [4.78, 5) is 135. The normalized spacial score (nSPS) is 24.1. The molecular formula is C80H100N10O24S3. The van der Waals surface area contributed by atoms with Crippen LogP contribution in [0.5, 0.6) is 0 Å². The zero-order valence-electron chi connectivity index (χ0n) is 65.5. The van der Waals surface area contributed by atoms with E-state index in [1.807, 2.05) is 52.9 Å². The van der Waals surface area contributed by atoms with Crippen molar-refractivity contribution in [3.8, 4) is 11.1 Å². The van der Waals surface area contributed by atoms with Gasteiger partial charge in [-0.25, -0.2) is 24.4 Å². The maximum atomic E-state index is 14.3. The third-order valence-corrected chi connectivity index (χ3v) is 25.8. The molecular weight excluding hydrogens is 1580 g/mol. The Hall–Kier alpha value is -9.28. The van der Waals surface area contributed by atoms with Crippen molar-refractivity contribution >= 4 is 106 Å². The van der Waals surface area contributed by atoms with Crippen LogP contribution >= 0.6 is 11.3 Å². The summed E-state index contributed by atoms with van der Waals surface area (Å²) in [5, 5.41) is 66.4. The van der Waals surface area contributed by atoms with Crippen molar-refractivity contribution in [1.29, 1.82) is 0 Å². The molecule has 0 radical (unpaired) electrons. The van der Waals surface area contributed by atoms with Crippen LogP contribution in [0.25, 0.3) is 21.3 Å². The summed E-state index contributed by atoms with van der Waals surface area (Å²) in [6.45, 7) is 7.25. The summed E-state index contributed by atoms with van der Waals surface area (Å²) in [7, 11) is -9.01. The van der Waals surface area contributed by atoms with Crippen LogP contribution in [0.2, 0.25) is 0 Å². The summed E-state index contributed by atoms with van der Waals surface area (Å²) in [6, 6.07) is 18.5. The number of anilines is 2. The van der Waals surface area contributed by atoms with E-state index in [0.29, 0.717) is 76.8 Å². The van der Waals surface area contributed by atoms with Crippen LogP contribution in [0, 0.1) is 36.0 Å². The number of aliphatic hydroxyl groups is 3. The van der Waals surface area contributed by atoms with Gasteiger partial charge in [0, 0.05) is 80.3 Å². The van der Waals surface area contributed by atoms with Crippen molar-refractivity contribution < 1.29 is 114 Å². The molecule has 117 heavy (non-hydrogen) atoms. The van der Waals surface area contributed by atoms with E-state index in [9.17, 15) is 90.1 Å². The van der Waals surface area contributed by atoms with Crippen LogP contribution in [0.15, 0.2) is 79.0 Å². The van der Waals surface area contributed by atoms with Gasteiger partial charge < -0.3 is 69.8 Å². The molecule has 6 heterocycles. The van der Waals surface area contributed by atoms with E-state index in [4.69, 9.17) is 33.6 Å². The Morgan fingerprint density at radius 3 is 2.27 bits per heavy atom. The molecule has 3 aromatic carbocycles. The van der Waals surface area contributed by atoms with Gasteiger partial charge in [-0.3, -0.25) is 47.9 Å². The van der Waals surface area contributed by atoms with Crippen molar-refractivity contribution in [2.24, 2.45) is 29.1 Å². The SMILES string of the molecule is CCC(=O)N[C@H]1C[C@@H](COCCS(=O)(=O)O)N(CC(=O)C[C@H](C(=O)N[C@@H](C)C(=O)Cc2ccc(COC(=O)N(CCOC34CC5CC(CC(Cn6ncc(-c7ccc(N8CCc9cccc(C(=O)Nc%10nc%11ccccc%11s%10)c9C8)nc7C(=O)O)c6C)(C5)C3)C4)CCS(=O)(=O)O)c(CC[C@@H]3O[C@H](C(=O)O)[C@@H](O)[C@H](O)[C@H]3O)c2)C(C)C)C1=O. The quantitative estimate of drug-likeness (QED) is 0.0173. The minimum absolute atomic E-state index is 0.0256. The molecule has 5 amide bonds. The molecule has 0 spiro atoms. The number of hydrogen-bond acceptors (Lipinski definition) is 25. The zero-order chi connectivity index (χ0) is 84.2. The topological polar surface area (TPSA) is 490 Å². The maximum absolute atomic E-state index is 14.3. The fraction of sp³-hybridized carbons (Fsp3) is 0.550. The number of pyridine rings is 1. The summed E-state index contributed by atoms with van der Waals surface area (Å²) in [6.07, 6.45) is -3.73. The number of carbonyl (C=O) groups excluding carboxylic acids is 7. The molecule has 3 aliphatic heterocycles. The second kappa shape index (κ2) is 36.5. The van der Waals surface area contributed by atoms with Gasteiger partial charge in [-0.05, 0) is 159 Å². The number of nitrogens with zero attached hydrogens (tertiary/aromatic N) is 7. The number of ketones is 2. The molecule has 34 nitrogen and oxygen atoms in total. The van der Waals surface area contributed by atoms with Gasteiger partial charge in [0.15, 0.2) is 28.5 Å². The largest absolute Gasteiger partial charge is 0.479 e. The number of likely N-dealkylation sites (tertiary alicyclic amines) is 1. The molecule has 37 heteroatoms. The van der Waals surface area contributed by atoms with E-state index < -0.39 is 171 Å². The number of carboxylic acids is 2. The third-order valence-electron chi connectivity index (χ3n) is 23.5. The predicted molar refractivity (Wildman–Crippen MR) is 423 cm³/mol. The number of Topliss-reactive ketones (excluding diaryl/α,β-unsaturated/α-hetero) is 2. The number of aryl methyl sites for hydroxylation is 1. The van der Waals surface area contributed by atoms with Crippen LogP contribution in [-0.4, -0.2) is 246 Å².